The van der Waals surface area contributed by atoms with E-state index in [-0.39, 0.29) is 12.4 Å². The van der Waals surface area contributed by atoms with Gasteiger partial charge in [0.05, 0.1) is 15.9 Å². The molecule has 0 aromatic carbocycles. The van der Waals surface area contributed by atoms with Crippen molar-refractivity contribution in [3.05, 3.63) is 15.9 Å². The molecule has 0 aliphatic carbocycles. The molecule has 5 heteroatoms. The molecule has 1 aromatic heterocycles. The number of aliphatic hydroxyl groups excluding tert-OH is 1. The molecule has 0 amide bonds. The third-order valence-corrected chi connectivity index (χ3v) is 3.27. The fraction of sp³-hybridized carbons (Fsp3) is 0.600. The van der Waals surface area contributed by atoms with Crippen LogP contribution in [0.4, 0.5) is 0 Å². The minimum Gasteiger partial charge on any atom is -0.396 e. The Hall–Kier alpha value is -0.680. The minimum atomic E-state index is 0.0668. The van der Waals surface area contributed by atoms with Gasteiger partial charge in [-0.2, -0.15) is 5.10 Å². The van der Waals surface area contributed by atoms with Gasteiger partial charge in [-0.15, -0.1) is 0 Å². The first-order valence-corrected chi connectivity index (χ1v) is 5.66. The molecular weight excluding hydrogens is 260 g/mol. The van der Waals surface area contributed by atoms with Gasteiger partial charge in [-0.25, -0.2) is 0 Å². The lowest BCUT2D eigenvalue weighted by Gasteiger charge is -2.01. The Morgan fingerprint density at radius 3 is 2.73 bits per heavy atom. The van der Waals surface area contributed by atoms with Gasteiger partial charge in [0.25, 0.3) is 0 Å². The van der Waals surface area contributed by atoms with Crippen LogP contribution in [0.5, 0.6) is 0 Å². The summed E-state index contributed by atoms with van der Waals surface area (Å²) < 4.78 is 2.62. The number of aliphatic hydroxyl groups is 1. The van der Waals surface area contributed by atoms with E-state index in [0.29, 0.717) is 19.3 Å². The molecule has 4 nitrogen and oxygen atoms in total. The highest BCUT2D eigenvalue weighted by Crippen LogP contribution is 2.21. The van der Waals surface area contributed by atoms with Crippen molar-refractivity contribution in [1.29, 1.82) is 0 Å². The summed E-state index contributed by atoms with van der Waals surface area (Å²) in [6, 6.07) is 0. The molecule has 84 valence electrons. The zero-order chi connectivity index (χ0) is 11.4. The number of rotatable bonds is 5. The number of nitrogens with zero attached hydrogens (tertiary/aromatic N) is 2. The molecule has 0 saturated heterocycles. The number of halogens is 1. The number of hydrogen-bond donors (Lipinski definition) is 1. The van der Waals surface area contributed by atoms with Crippen molar-refractivity contribution in [2.45, 2.75) is 26.2 Å². The maximum atomic E-state index is 11.5. The van der Waals surface area contributed by atoms with Gasteiger partial charge in [0, 0.05) is 26.5 Å². The van der Waals surface area contributed by atoms with Gasteiger partial charge in [0.1, 0.15) is 5.78 Å². The van der Waals surface area contributed by atoms with Crippen LogP contribution in [0.1, 0.15) is 24.2 Å². The Morgan fingerprint density at radius 1 is 1.60 bits per heavy atom. The van der Waals surface area contributed by atoms with Crippen LogP contribution in [-0.4, -0.2) is 27.3 Å². The van der Waals surface area contributed by atoms with Crippen LogP contribution in [0.3, 0.4) is 0 Å². The SMILES string of the molecule is Cc1nn(C)c(CC(=O)CCCO)c1Br. The lowest BCUT2D eigenvalue weighted by Crippen LogP contribution is -2.08. The van der Waals surface area contributed by atoms with Crippen molar-refractivity contribution < 1.29 is 9.90 Å². The Balaban J connectivity index is 2.68. The van der Waals surface area contributed by atoms with E-state index >= 15 is 0 Å². The van der Waals surface area contributed by atoms with Crippen molar-refractivity contribution >= 4 is 21.7 Å². The Kier molecular flexibility index (Phi) is 4.47. The van der Waals surface area contributed by atoms with E-state index in [1.165, 1.54) is 0 Å². The van der Waals surface area contributed by atoms with E-state index in [1.807, 2.05) is 14.0 Å². The van der Waals surface area contributed by atoms with Crippen molar-refractivity contribution in [2.24, 2.45) is 7.05 Å². The van der Waals surface area contributed by atoms with Crippen LogP contribution in [-0.2, 0) is 18.3 Å². The molecule has 1 rings (SSSR count). The molecular formula is C10H15BrN2O2. The van der Waals surface area contributed by atoms with Crippen molar-refractivity contribution in [1.82, 2.24) is 9.78 Å². The molecule has 15 heavy (non-hydrogen) atoms. The predicted octanol–water partition coefficient (Wildman–Crippen LogP) is 1.38. The Labute approximate surface area is 97.4 Å². The Bertz CT molecular complexity index is 361. The summed E-state index contributed by atoms with van der Waals surface area (Å²) >= 11 is 3.41. The van der Waals surface area contributed by atoms with E-state index in [4.69, 9.17) is 5.11 Å². The fourth-order valence-corrected chi connectivity index (χ4v) is 1.90. The van der Waals surface area contributed by atoms with Crippen LogP contribution >= 0.6 is 15.9 Å². The second kappa shape index (κ2) is 5.42. The van der Waals surface area contributed by atoms with Gasteiger partial charge in [0.15, 0.2) is 0 Å². The van der Waals surface area contributed by atoms with Gasteiger partial charge < -0.3 is 5.11 Å². The van der Waals surface area contributed by atoms with Crippen LogP contribution in [0.2, 0.25) is 0 Å². The number of aryl methyl sites for hydroxylation is 2. The average molecular weight is 275 g/mol. The maximum absolute atomic E-state index is 11.5. The predicted molar refractivity (Wildman–Crippen MR) is 60.7 cm³/mol. The normalized spacial score (nSPS) is 10.7. The monoisotopic (exact) mass is 274 g/mol. The van der Waals surface area contributed by atoms with Gasteiger partial charge >= 0.3 is 0 Å². The van der Waals surface area contributed by atoms with Gasteiger partial charge in [-0.1, -0.05) is 0 Å². The topological polar surface area (TPSA) is 55.1 Å². The quantitative estimate of drug-likeness (QED) is 0.883. The van der Waals surface area contributed by atoms with Crippen LogP contribution in [0.25, 0.3) is 0 Å². The highest BCUT2D eigenvalue weighted by molar-refractivity contribution is 9.10. The van der Waals surface area contributed by atoms with Crippen LogP contribution in [0.15, 0.2) is 4.47 Å². The van der Waals surface area contributed by atoms with Gasteiger partial charge in [-0.3, -0.25) is 9.48 Å². The summed E-state index contributed by atoms with van der Waals surface area (Å²) in [6.45, 7) is 1.96. The molecule has 1 N–H and O–H groups in total. The first-order valence-electron chi connectivity index (χ1n) is 4.86. The van der Waals surface area contributed by atoms with E-state index in [1.54, 1.807) is 4.68 Å². The summed E-state index contributed by atoms with van der Waals surface area (Å²) in [5, 5.41) is 12.8. The first-order chi connectivity index (χ1) is 7.06. The minimum absolute atomic E-state index is 0.0668. The third kappa shape index (κ3) is 3.14. The fourth-order valence-electron chi connectivity index (χ4n) is 1.42. The highest BCUT2D eigenvalue weighted by Gasteiger charge is 2.13. The smallest absolute Gasteiger partial charge is 0.138 e. The van der Waals surface area contributed by atoms with Crippen LogP contribution in [0, 0.1) is 6.92 Å². The summed E-state index contributed by atoms with van der Waals surface area (Å²) in [6.07, 6.45) is 1.33. The van der Waals surface area contributed by atoms with Gasteiger partial charge in [-0.05, 0) is 29.3 Å². The molecule has 1 aromatic rings. The van der Waals surface area contributed by atoms with Gasteiger partial charge in [0.2, 0.25) is 0 Å². The molecule has 0 radical (unpaired) electrons. The van der Waals surface area contributed by atoms with Crippen molar-refractivity contribution in [2.75, 3.05) is 6.61 Å². The highest BCUT2D eigenvalue weighted by atomic mass is 79.9. The molecule has 1 heterocycles. The number of carbonyl (C=O) groups excluding carboxylic acids is 1. The standard InChI is InChI=1S/C10H15BrN2O2/c1-7-10(11)9(13(2)12-7)6-8(15)4-3-5-14/h14H,3-6H2,1-2H3. The van der Waals surface area contributed by atoms with E-state index in [2.05, 4.69) is 21.0 Å². The second-order valence-electron chi connectivity index (χ2n) is 3.51. The first kappa shape index (κ1) is 12.4. The van der Waals surface area contributed by atoms with Crippen LogP contribution < -0.4 is 0 Å². The average Bonchev–Trinajstić information content (AvgIpc) is 2.42. The molecule has 0 atom stereocenters. The number of carbonyl (C=O) groups is 1. The zero-order valence-electron chi connectivity index (χ0n) is 8.96. The lowest BCUT2D eigenvalue weighted by molar-refractivity contribution is -0.118. The van der Waals surface area contributed by atoms with Crippen molar-refractivity contribution in [3.63, 3.8) is 0 Å². The summed E-state index contributed by atoms with van der Waals surface area (Å²) in [5.74, 6) is 0.132. The Morgan fingerprint density at radius 2 is 2.27 bits per heavy atom. The molecule has 0 spiro atoms. The molecule has 0 fully saturated rings. The molecule has 0 saturated carbocycles. The molecule has 0 aliphatic rings. The summed E-state index contributed by atoms with van der Waals surface area (Å²) in [5.41, 5.74) is 1.79. The number of hydrogen-bond acceptors (Lipinski definition) is 3. The lowest BCUT2D eigenvalue weighted by atomic mass is 10.1. The molecule has 0 unspecified atom stereocenters. The molecule has 0 aliphatic heterocycles. The van der Waals surface area contributed by atoms with E-state index in [9.17, 15) is 4.79 Å². The second-order valence-corrected chi connectivity index (χ2v) is 4.31. The maximum Gasteiger partial charge on any atom is 0.138 e. The third-order valence-electron chi connectivity index (χ3n) is 2.24. The largest absolute Gasteiger partial charge is 0.396 e. The zero-order valence-corrected chi connectivity index (χ0v) is 10.5. The van der Waals surface area contributed by atoms with E-state index < -0.39 is 0 Å². The summed E-state index contributed by atoms with van der Waals surface area (Å²) in [4.78, 5) is 11.5. The number of aromatic nitrogens is 2. The number of Topliss-reactive ketones (excluding diaryl/α,β-unsaturated/α-hetero) is 1. The summed E-state index contributed by atoms with van der Waals surface area (Å²) in [7, 11) is 1.83. The van der Waals surface area contributed by atoms with Crippen molar-refractivity contribution in [3.8, 4) is 0 Å². The number of ketones is 1. The molecule has 0 bridgehead atoms. The van der Waals surface area contributed by atoms with E-state index in [0.717, 1.165) is 15.9 Å².